The first-order valence-corrected chi connectivity index (χ1v) is 23.1. The number of hydrogen-bond donors (Lipinski definition) is 4. The summed E-state index contributed by atoms with van der Waals surface area (Å²) in [5.74, 6) is -27.3. The maximum Gasteiger partial charge on any atom is 0.422 e. The summed E-state index contributed by atoms with van der Waals surface area (Å²) < 4.78 is 244. The molecule has 0 saturated heterocycles. The zero-order valence-corrected chi connectivity index (χ0v) is 44.7. The van der Waals surface area contributed by atoms with E-state index in [2.05, 4.69) is 0 Å². The van der Waals surface area contributed by atoms with Gasteiger partial charge in [-0.3, -0.25) is 0 Å². The average Bonchev–Trinajstić information content (AvgIpc) is 3.28. The predicted octanol–water partition coefficient (Wildman–Crippen LogP) is 19.7. The molecule has 5 aromatic carbocycles. The van der Waals surface area contributed by atoms with Crippen LogP contribution in [0.5, 0.6) is 11.5 Å². The molecule has 426 valence electrons. The summed E-state index contributed by atoms with van der Waals surface area (Å²) in [5, 5.41) is 18.4. The monoisotopic (exact) mass is 1200 g/mol. The Balaban J connectivity index is 0.000000476. The van der Waals surface area contributed by atoms with Gasteiger partial charge in [0.2, 0.25) is 11.6 Å². The Morgan fingerprint density at radius 1 is 0.316 bits per heavy atom. The van der Waals surface area contributed by atoms with E-state index >= 15 is 0 Å². The number of hydrogen-bond acceptors (Lipinski definition) is 4. The normalized spacial score (nSPS) is 11.6. The predicted molar refractivity (Wildman–Crippen MR) is 254 cm³/mol. The standard InChI is InChI=1S/C10H12Cl2FN.C10H11Cl2FO.C10H9F6N.C10H8F6O.C9H7F5/c2*1-4(2)6-5(3)7(11)9(13)8(12)10(6)14;2*1-3(2)4-6(11)5(10(14,15)16)7(12)8(13)9(4)17;1-3(2)4-5(10)7(12)9(14)8(13)6(4)11/h4H,14H2,1-3H3;4,14H,1-3H3;3H,17H2,1-2H3;3,17H,1-2H3;3H,1-2H3. The number of anilines is 2. The van der Waals surface area contributed by atoms with Crippen LogP contribution in [0.1, 0.15) is 149 Å². The van der Waals surface area contributed by atoms with Gasteiger partial charge in [0, 0.05) is 22.3 Å². The fourth-order valence-corrected chi connectivity index (χ4v) is 8.01. The largest absolute Gasteiger partial charge is 0.506 e. The number of nitrogen functional groups attached to an aromatic ring is 2. The summed E-state index contributed by atoms with van der Waals surface area (Å²) in [6.45, 7) is 18.9. The summed E-state index contributed by atoms with van der Waals surface area (Å²) in [4.78, 5) is 0. The summed E-state index contributed by atoms with van der Waals surface area (Å²) in [5.41, 5.74) is 5.89. The number of phenols is 2. The molecule has 0 fully saturated rings. The van der Waals surface area contributed by atoms with Crippen LogP contribution in [0.4, 0.5) is 94.8 Å². The Hall–Kier alpha value is -4.87. The minimum absolute atomic E-state index is 0.0171. The highest BCUT2D eigenvalue weighted by molar-refractivity contribution is 6.37. The molecule has 0 aromatic heterocycles. The topological polar surface area (TPSA) is 92.5 Å². The molecule has 0 heterocycles. The van der Waals surface area contributed by atoms with Crippen LogP contribution >= 0.6 is 46.4 Å². The van der Waals surface area contributed by atoms with Gasteiger partial charge in [0.15, 0.2) is 58.1 Å². The van der Waals surface area contributed by atoms with Crippen LogP contribution in [-0.2, 0) is 12.4 Å². The molecule has 0 atom stereocenters. The highest BCUT2D eigenvalue weighted by atomic mass is 35.5. The average molecular weight is 1200 g/mol. The van der Waals surface area contributed by atoms with E-state index in [-0.39, 0.29) is 37.7 Å². The number of benzene rings is 5. The molecule has 6 N–H and O–H groups in total. The molecule has 0 radical (unpaired) electrons. The number of halogens is 23. The van der Waals surface area contributed by atoms with Gasteiger partial charge in [0.25, 0.3) is 0 Å². The van der Waals surface area contributed by atoms with Gasteiger partial charge in [-0.05, 0) is 60.1 Å². The second-order valence-corrected chi connectivity index (χ2v) is 19.2. The number of aromatic hydroxyl groups is 2. The summed E-state index contributed by atoms with van der Waals surface area (Å²) in [6.07, 6.45) is -10.7. The van der Waals surface area contributed by atoms with Crippen LogP contribution in [0.15, 0.2) is 0 Å². The quantitative estimate of drug-likeness (QED) is 0.0611. The van der Waals surface area contributed by atoms with E-state index in [0.29, 0.717) is 22.4 Å². The molecule has 76 heavy (non-hydrogen) atoms. The second-order valence-electron chi connectivity index (χ2n) is 17.7. The summed E-state index contributed by atoms with van der Waals surface area (Å²) in [6, 6.07) is 0. The first kappa shape index (κ1) is 69.1. The lowest BCUT2D eigenvalue weighted by atomic mass is 9.96. The Labute approximate surface area is 443 Å². The number of rotatable bonds is 5. The van der Waals surface area contributed by atoms with Crippen molar-refractivity contribution >= 4 is 57.8 Å². The van der Waals surface area contributed by atoms with Gasteiger partial charge in [0.1, 0.15) is 38.6 Å². The molecule has 0 aliphatic carbocycles. The van der Waals surface area contributed by atoms with E-state index < -0.39 is 145 Å². The molecule has 5 aromatic rings. The molecule has 4 nitrogen and oxygen atoms in total. The van der Waals surface area contributed by atoms with Gasteiger partial charge in [-0.1, -0.05) is 116 Å². The SMILES string of the molecule is CC(C)c1c(F)c(F)c(F)c(F)c1F.CC(C)c1c(N)c(F)c(F)c(C(F)(F)F)c1F.CC(C)c1c(O)c(F)c(F)c(C(F)(F)F)c1F.Cc1c(Cl)c(F)c(Cl)c(N)c1C(C)C.Cc1c(Cl)c(F)c(Cl)c(O)c1C(C)C. The van der Waals surface area contributed by atoms with E-state index in [9.17, 15) is 88.5 Å². The van der Waals surface area contributed by atoms with Crippen molar-refractivity contribution in [3.05, 3.63) is 146 Å². The van der Waals surface area contributed by atoms with Crippen LogP contribution in [0.3, 0.4) is 0 Å². The molecule has 0 spiro atoms. The molecule has 27 heteroatoms. The molecule has 5 rings (SSSR count). The van der Waals surface area contributed by atoms with Crippen molar-refractivity contribution in [2.45, 2.75) is 125 Å². The minimum Gasteiger partial charge on any atom is -0.506 e. The number of nitrogens with two attached hydrogens (primary N) is 2. The van der Waals surface area contributed by atoms with E-state index in [1.165, 1.54) is 41.5 Å². The fourth-order valence-electron chi connectivity index (χ4n) is 7.13. The first-order valence-electron chi connectivity index (χ1n) is 21.6. The van der Waals surface area contributed by atoms with Gasteiger partial charge in [-0.25, -0.2) is 52.7 Å². The van der Waals surface area contributed by atoms with Crippen molar-refractivity contribution in [2.24, 2.45) is 0 Å². The van der Waals surface area contributed by atoms with Gasteiger partial charge < -0.3 is 21.7 Å². The van der Waals surface area contributed by atoms with Gasteiger partial charge in [-0.15, -0.1) is 0 Å². The van der Waals surface area contributed by atoms with E-state index in [4.69, 9.17) is 63.0 Å². The summed E-state index contributed by atoms with van der Waals surface area (Å²) >= 11 is 22.8. The van der Waals surface area contributed by atoms with Crippen LogP contribution in [0.25, 0.3) is 0 Å². The molecular formula is C49H47Cl4F19N2O2. The van der Waals surface area contributed by atoms with Gasteiger partial charge >= 0.3 is 12.4 Å². The third kappa shape index (κ3) is 14.8. The molecule has 0 unspecified atom stereocenters. The third-order valence-electron chi connectivity index (χ3n) is 10.7. The highest BCUT2D eigenvalue weighted by Crippen LogP contribution is 2.45. The lowest BCUT2D eigenvalue weighted by molar-refractivity contribution is -0.143. The Bertz CT molecular complexity index is 2590. The Kier molecular flexibility index (Phi) is 24.3. The van der Waals surface area contributed by atoms with Gasteiger partial charge in [-0.2, -0.15) is 30.7 Å². The summed E-state index contributed by atoms with van der Waals surface area (Å²) in [7, 11) is 0. The molecule has 0 aliphatic heterocycles. The second kappa shape index (κ2) is 26.7. The molecule has 0 bridgehead atoms. The van der Waals surface area contributed by atoms with Crippen LogP contribution in [0.2, 0.25) is 20.1 Å². The lowest BCUT2D eigenvalue weighted by Gasteiger charge is -2.17. The van der Waals surface area contributed by atoms with Crippen molar-refractivity contribution in [1.82, 2.24) is 0 Å². The van der Waals surface area contributed by atoms with E-state index in [1.54, 1.807) is 13.8 Å². The lowest BCUT2D eigenvalue weighted by Crippen LogP contribution is -2.17. The Morgan fingerprint density at radius 2 is 0.618 bits per heavy atom. The molecule has 0 saturated carbocycles. The van der Waals surface area contributed by atoms with Crippen molar-refractivity contribution in [1.29, 1.82) is 0 Å². The Morgan fingerprint density at radius 3 is 0.961 bits per heavy atom. The van der Waals surface area contributed by atoms with Crippen molar-refractivity contribution in [3.8, 4) is 11.5 Å². The van der Waals surface area contributed by atoms with Gasteiger partial charge in [0.05, 0.1) is 21.4 Å². The third-order valence-corrected chi connectivity index (χ3v) is 12.3. The number of alkyl halides is 6. The van der Waals surface area contributed by atoms with Crippen molar-refractivity contribution < 1.29 is 93.6 Å². The minimum atomic E-state index is -5.37. The van der Waals surface area contributed by atoms with Crippen LogP contribution in [-0.4, -0.2) is 10.2 Å². The highest BCUT2D eigenvalue weighted by Gasteiger charge is 2.43. The van der Waals surface area contributed by atoms with Crippen LogP contribution < -0.4 is 11.5 Å². The number of phenolic OH excluding ortho intramolecular Hbond substituents is 2. The van der Waals surface area contributed by atoms with Crippen molar-refractivity contribution in [3.63, 3.8) is 0 Å². The maximum atomic E-state index is 13.5. The van der Waals surface area contributed by atoms with Crippen LogP contribution in [0, 0.1) is 89.5 Å². The van der Waals surface area contributed by atoms with E-state index in [0.717, 1.165) is 5.56 Å². The van der Waals surface area contributed by atoms with Crippen molar-refractivity contribution in [2.75, 3.05) is 11.5 Å². The molecule has 0 aliphatic rings. The zero-order chi connectivity index (χ0) is 60.2. The fraction of sp³-hybridized carbons (Fsp3) is 0.388. The first-order chi connectivity index (χ1) is 34.3. The molecule has 0 amide bonds. The molecular weight excluding hydrogens is 1150 g/mol. The van der Waals surface area contributed by atoms with E-state index in [1.807, 2.05) is 27.7 Å². The smallest absolute Gasteiger partial charge is 0.422 e. The maximum absolute atomic E-state index is 13.5. The zero-order valence-electron chi connectivity index (χ0n) is 41.6.